The molecule has 0 aliphatic heterocycles. The molecule has 0 saturated carbocycles. The lowest BCUT2D eigenvalue weighted by Crippen LogP contribution is -2.19. The third-order valence-corrected chi connectivity index (χ3v) is 4.54. The summed E-state index contributed by atoms with van der Waals surface area (Å²) < 4.78 is 13.7. The van der Waals surface area contributed by atoms with Gasteiger partial charge in [0.15, 0.2) is 0 Å². The molecule has 2 aromatic rings. The number of nitrogens with two attached hydrogens (primary N) is 1. The number of halogens is 1. The Morgan fingerprint density at radius 3 is 2.90 bits per heavy atom. The largest absolute Gasteiger partial charge is 0.366 e. The maximum atomic E-state index is 13.7. The summed E-state index contributed by atoms with van der Waals surface area (Å²) in [5.74, 6) is -0.912. The van der Waals surface area contributed by atoms with Crippen LogP contribution in [0.15, 0.2) is 24.4 Å². The average Bonchev–Trinajstić information content (AvgIpc) is 2.94. The van der Waals surface area contributed by atoms with Crippen LogP contribution in [0.2, 0.25) is 0 Å². The maximum Gasteiger partial charge on any atom is 0.248 e. The Balaban J connectivity index is 2.05. The normalized spacial score (nSPS) is 12.3. The molecule has 1 heterocycles. The van der Waals surface area contributed by atoms with Crippen LogP contribution < -0.4 is 11.1 Å². The molecule has 0 aliphatic carbocycles. The van der Waals surface area contributed by atoms with Crippen molar-refractivity contribution in [3.05, 3.63) is 51.2 Å². The maximum absolute atomic E-state index is 13.7. The number of thiazole rings is 1. The van der Waals surface area contributed by atoms with Crippen molar-refractivity contribution >= 4 is 17.2 Å². The molecule has 0 spiro atoms. The lowest BCUT2D eigenvalue weighted by Gasteiger charge is -2.12. The van der Waals surface area contributed by atoms with Gasteiger partial charge in [0.25, 0.3) is 0 Å². The predicted molar refractivity (Wildman–Crippen MR) is 81.7 cm³/mol. The van der Waals surface area contributed by atoms with Gasteiger partial charge in [-0.2, -0.15) is 0 Å². The van der Waals surface area contributed by atoms with Crippen molar-refractivity contribution in [3.8, 4) is 0 Å². The van der Waals surface area contributed by atoms with E-state index in [1.54, 1.807) is 11.3 Å². The topological polar surface area (TPSA) is 68.0 Å². The van der Waals surface area contributed by atoms with Gasteiger partial charge in [0.2, 0.25) is 5.91 Å². The van der Waals surface area contributed by atoms with Gasteiger partial charge >= 0.3 is 0 Å². The number of aromatic nitrogens is 1. The van der Waals surface area contributed by atoms with Crippen LogP contribution in [0.4, 0.5) is 4.39 Å². The Labute approximate surface area is 127 Å². The Morgan fingerprint density at radius 1 is 1.52 bits per heavy atom. The molecule has 1 unspecified atom stereocenters. The van der Waals surface area contributed by atoms with Gasteiger partial charge in [-0.3, -0.25) is 4.79 Å². The molecule has 0 fully saturated rings. The van der Waals surface area contributed by atoms with Crippen LogP contribution in [-0.2, 0) is 13.0 Å². The number of hydrogen-bond acceptors (Lipinski definition) is 4. The van der Waals surface area contributed by atoms with Gasteiger partial charge in [0, 0.05) is 28.7 Å². The molecule has 1 amide bonds. The summed E-state index contributed by atoms with van der Waals surface area (Å²) in [4.78, 5) is 16.7. The Morgan fingerprint density at radius 2 is 2.29 bits per heavy atom. The predicted octanol–water partition coefficient (Wildman–Crippen LogP) is 2.79. The van der Waals surface area contributed by atoms with Crippen molar-refractivity contribution in [3.63, 3.8) is 0 Å². The first-order valence-corrected chi connectivity index (χ1v) is 7.59. The van der Waals surface area contributed by atoms with Crippen molar-refractivity contribution < 1.29 is 9.18 Å². The summed E-state index contributed by atoms with van der Waals surface area (Å²) in [5, 5.41) is 4.19. The van der Waals surface area contributed by atoms with E-state index in [-0.39, 0.29) is 11.9 Å². The summed E-state index contributed by atoms with van der Waals surface area (Å²) in [7, 11) is 0. The summed E-state index contributed by atoms with van der Waals surface area (Å²) in [6.45, 7) is 4.38. The number of benzene rings is 1. The van der Waals surface area contributed by atoms with Gasteiger partial charge in [-0.25, -0.2) is 9.37 Å². The van der Waals surface area contributed by atoms with Crippen LogP contribution in [0.5, 0.6) is 0 Å². The molecular formula is C15H18FN3OS. The van der Waals surface area contributed by atoms with Gasteiger partial charge in [-0.15, -0.1) is 11.3 Å². The number of amides is 1. The van der Waals surface area contributed by atoms with Gasteiger partial charge < -0.3 is 11.1 Å². The minimum Gasteiger partial charge on any atom is -0.366 e. The van der Waals surface area contributed by atoms with E-state index >= 15 is 0 Å². The van der Waals surface area contributed by atoms with E-state index in [4.69, 9.17) is 5.73 Å². The monoisotopic (exact) mass is 307 g/mol. The number of carbonyl (C=O) groups is 1. The fourth-order valence-electron chi connectivity index (χ4n) is 1.90. The first kappa shape index (κ1) is 15.6. The standard InChI is InChI=1S/C15H18FN3OS/c1-3-12-8-19-15(21-12)9(2)18-7-11-6-10(14(17)20)4-5-13(11)16/h4-6,8-9,18H,3,7H2,1-2H3,(H2,17,20). The Hall–Kier alpha value is -1.79. The zero-order valence-corrected chi connectivity index (χ0v) is 12.8. The van der Waals surface area contributed by atoms with E-state index in [0.29, 0.717) is 17.7 Å². The molecule has 4 nitrogen and oxygen atoms in total. The zero-order valence-electron chi connectivity index (χ0n) is 12.0. The number of rotatable bonds is 6. The molecule has 6 heteroatoms. The molecule has 1 aromatic carbocycles. The molecule has 0 aliphatic rings. The summed E-state index contributed by atoms with van der Waals surface area (Å²) in [5.41, 5.74) is 5.94. The molecule has 21 heavy (non-hydrogen) atoms. The van der Waals surface area contributed by atoms with E-state index in [1.807, 2.05) is 13.1 Å². The van der Waals surface area contributed by atoms with E-state index in [1.165, 1.54) is 23.1 Å². The second-order valence-electron chi connectivity index (χ2n) is 4.79. The second-order valence-corrected chi connectivity index (χ2v) is 5.94. The van der Waals surface area contributed by atoms with Crippen LogP contribution >= 0.6 is 11.3 Å². The highest BCUT2D eigenvalue weighted by Gasteiger charge is 2.12. The van der Waals surface area contributed by atoms with Crippen LogP contribution in [-0.4, -0.2) is 10.9 Å². The van der Waals surface area contributed by atoms with E-state index in [2.05, 4.69) is 17.2 Å². The summed E-state index contributed by atoms with van der Waals surface area (Å²) in [6.07, 6.45) is 2.83. The number of aryl methyl sites for hydroxylation is 1. The first-order chi connectivity index (χ1) is 10.0. The van der Waals surface area contributed by atoms with E-state index in [9.17, 15) is 9.18 Å². The number of nitrogens with one attached hydrogen (secondary N) is 1. The third-order valence-electron chi connectivity index (χ3n) is 3.22. The molecular weight excluding hydrogens is 289 g/mol. The van der Waals surface area contributed by atoms with Crippen LogP contribution in [0.3, 0.4) is 0 Å². The molecule has 2 rings (SSSR count). The number of primary amides is 1. The van der Waals surface area contributed by atoms with Gasteiger partial charge in [0.1, 0.15) is 10.8 Å². The molecule has 112 valence electrons. The fraction of sp³-hybridized carbons (Fsp3) is 0.333. The van der Waals surface area contributed by atoms with Crippen molar-refractivity contribution in [1.29, 1.82) is 0 Å². The van der Waals surface area contributed by atoms with Crippen LogP contribution in [0, 0.1) is 5.82 Å². The smallest absolute Gasteiger partial charge is 0.248 e. The van der Waals surface area contributed by atoms with Gasteiger partial charge in [-0.1, -0.05) is 6.92 Å². The van der Waals surface area contributed by atoms with Crippen LogP contribution in [0.1, 0.15) is 45.7 Å². The first-order valence-electron chi connectivity index (χ1n) is 6.77. The lowest BCUT2D eigenvalue weighted by molar-refractivity contribution is 0.1000. The van der Waals surface area contributed by atoms with Crippen LogP contribution in [0.25, 0.3) is 0 Å². The fourth-order valence-corrected chi connectivity index (χ4v) is 2.78. The second kappa shape index (κ2) is 6.78. The number of carbonyl (C=O) groups excluding carboxylic acids is 1. The molecule has 0 radical (unpaired) electrons. The van der Waals surface area contributed by atoms with Crippen molar-refractivity contribution in [2.45, 2.75) is 32.9 Å². The molecule has 0 saturated heterocycles. The van der Waals surface area contributed by atoms with Crippen molar-refractivity contribution in [2.75, 3.05) is 0 Å². The lowest BCUT2D eigenvalue weighted by atomic mass is 10.1. The van der Waals surface area contributed by atoms with Crippen molar-refractivity contribution in [2.24, 2.45) is 5.73 Å². The van der Waals surface area contributed by atoms with Crippen molar-refractivity contribution in [1.82, 2.24) is 10.3 Å². The van der Waals surface area contributed by atoms with E-state index in [0.717, 1.165) is 11.4 Å². The summed E-state index contributed by atoms with van der Waals surface area (Å²) in [6, 6.07) is 4.16. The Bertz CT molecular complexity index is 642. The molecule has 1 aromatic heterocycles. The van der Waals surface area contributed by atoms with Gasteiger partial charge in [0.05, 0.1) is 6.04 Å². The summed E-state index contributed by atoms with van der Waals surface area (Å²) >= 11 is 1.65. The number of hydrogen-bond donors (Lipinski definition) is 2. The molecule has 1 atom stereocenters. The number of nitrogens with zero attached hydrogens (tertiary/aromatic N) is 1. The minimum atomic E-state index is -0.559. The molecule has 3 N–H and O–H groups in total. The highest BCUT2D eigenvalue weighted by Crippen LogP contribution is 2.21. The van der Waals surface area contributed by atoms with E-state index < -0.39 is 5.91 Å². The minimum absolute atomic E-state index is 0.0203. The third kappa shape index (κ3) is 3.86. The zero-order chi connectivity index (χ0) is 15.4. The Kier molecular flexibility index (Phi) is 5.03. The van der Waals surface area contributed by atoms with Gasteiger partial charge in [-0.05, 0) is 31.5 Å². The average molecular weight is 307 g/mol. The highest BCUT2D eigenvalue weighted by atomic mass is 32.1. The highest BCUT2D eigenvalue weighted by molar-refractivity contribution is 7.11. The molecule has 0 bridgehead atoms. The SMILES string of the molecule is CCc1cnc(C(C)NCc2cc(C(N)=O)ccc2F)s1. The quantitative estimate of drug-likeness (QED) is 0.862.